The van der Waals surface area contributed by atoms with Gasteiger partial charge in [-0.1, -0.05) is 47.6 Å². The van der Waals surface area contributed by atoms with E-state index in [1.165, 1.54) is 5.56 Å². The topological polar surface area (TPSA) is 73.0 Å². The summed E-state index contributed by atoms with van der Waals surface area (Å²) in [6.45, 7) is 1.17. The third kappa shape index (κ3) is 3.75. The van der Waals surface area contributed by atoms with Crippen molar-refractivity contribution in [3.8, 4) is 10.6 Å². The number of nitrogens with one attached hydrogen (secondary N) is 1. The molecule has 3 heterocycles. The molecule has 2 aromatic carbocycles. The van der Waals surface area contributed by atoms with Gasteiger partial charge in [-0.3, -0.25) is 4.79 Å². The first kappa shape index (κ1) is 18.3. The van der Waals surface area contributed by atoms with E-state index in [1.54, 1.807) is 17.4 Å². The Hall–Kier alpha value is -3.71. The molecule has 6 nitrogen and oxygen atoms in total. The van der Waals surface area contributed by atoms with Gasteiger partial charge >= 0.3 is 0 Å². The molecule has 3 aromatic heterocycles. The Morgan fingerprint density at radius 3 is 2.70 bits per heavy atom. The minimum atomic E-state index is -0.254. The highest BCUT2D eigenvalue weighted by Gasteiger charge is 2.14. The van der Waals surface area contributed by atoms with Gasteiger partial charge in [0.25, 0.3) is 5.91 Å². The first-order valence-electron chi connectivity index (χ1n) is 9.53. The molecule has 0 saturated heterocycles. The van der Waals surface area contributed by atoms with E-state index in [4.69, 9.17) is 4.52 Å². The normalized spacial score (nSPS) is 11.1. The third-order valence-corrected chi connectivity index (χ3v) is 5.75. The minimum absolute atomic E-state index is 0.254. The Bertz CT molecular complexity index is 1290. The Labute approximate surface area is 176 Å². The Morgan fingerprint density at radius 2 is 1.87 bits per heavy atom. The summed E-state index contributed by atoms with van der Waals surface area (Å²) in [6, 6.07) is 21.8. The van der Waals surface area contributed by atoms with Gasteiger partial charge < -0.3 is 14.4 Å². The third-order valence-electron chi connectivity index (χ3n) is 4.86. The lowest BCUT2D eigenvalue weighted by Crippen LogP contribution is -2.23. The Kier molecular flexibility index (Phi) is 4.86. The van der Waals surface area contributed by atoms with Crippen LogP contribution in [-0.4, -0.2) is 20.6 Å². The molecule has 0 unspecified atom stereocenters. The van der Waals surface area contributed by atoms with Crippen molar-refractivity contribution in [1.29, 1.82) is 0 Å². The summed E-state index contributed by atoms with van der Waals surface area (Å²) in [6.07, 6.45) is 1.86. The van der Waals surface area contributed by atoms with E-state index >= 15 is 0 Å². The van der Waals surface area contributed by atoms with Gasteiger partial charge in [-0.2, -0.15) is 0 Å². The van der Waals surface area contributed by atoms with Crippen molar-refractivity contribution < 1.29 is 9.32 Å². The molecule has 0 atom stereocenters. The summed E-state index contributed by atoms with van der Waals surface area (Å²) in [4.78, 5) is 17.7. The fourth-order valence-electron chi connectivity index (χ4n) is 3.29. The molecule has 0 spiro atoms. The van der Waals surface area contributed by atoms with E-state index in [0.717, 1.165) is 28.0 Å². The summed E-state index contributed by atoms with van der Waals surface area (Å²) < 4.78 is 7.40. The predicted molar refractivity (Wildman–Crippen MR) is 116 cm³/mol. The van der Waals surface area contributed by atoms with Crippen molar-refractivity contribution in [1.82, 2.24) is 20.0 Å². The molecule has 0 aliphatic heterocycles. The number of fused-ring (bicyclic) bond motifs is 1. The SMILES string of the molecule is O=C(NCc1ccc(Cn2cnc3ccccc32)cc1)c1cc(-c2cccs2)on1. The first-order chi connectivity index (χ1) is 14.8. The Morgan fingerprint density at radius 1 is 1.03 bits per heavy atom. The van der Waals surface area contributed by atoms with Crippen LogP contribution in [0.2, 0.25) is 0 Å². The van der Waals surface area contributed by atoms with Gasteiger partial charge in [-0.05, 0) is 34.7 Å². The zero-order chi connectivity index (χ0) is 20.3. The van der Waals surface area contributed by atoms with E-state index in [9.17, 15) is 4.79 Å². The highest BCUT2D eigenvalue weighted by Crippen LogP contribution is 2.25. The maximum atomic E-state index is 12.4. The lowest BCUT2D eigenvalue weighted by atomic mass is 10.1. The number of imidazole rings is 1. The number of rotatable bonds is 6. The summed E-state index contributed by atoms with van der Waals surface area (Å²) in [5.74, 6) is 0.349. The average Bonchev–Trinajstić information content (AvgIpc) is 3.54. The number of hydrogen-bond acceptors (Lipinski definition) is 5. The molecule has 1 N–H and O–H groups in total. The zero-order valence-corrected chi connectivity index (χ0v) is 16.8. The summed E-state index contributed by atoms with van der Waals surface area (Å²) in [5, 5.41) is 8.72. The molecule has 5 rings (SSSR count). The number of benzene rings is 2. The van der Waals surface area contributed by atoms with Gasteiger partial charge in [-0.15, -0.1) is 11.3 Å². The van der Waals surface area contributed by atoms with Crippen LogP contribution in [0, 0.1) is 0 Å². The fraction of sp³-hybridized carbons (Fsp3) is 0.0870. The zero-order valence-electron chi connectivity index (χ0n) is 16.0. The average molecular weight is 414 g/mol. The second-order valence-corrected chi connectivity index (χ2v) is 7.86. The number of nitrogens with zero attached hydrogens (tertiary/aromatic N) is 3. The highest BCUT2D eigenvalue weighted by molar-refractivity contribution is 7.13. The highest BCUT2D eigenvalue weighted by atomic mass is 32.1. The second kappa shape index (κ2) is 7.96. The number of thiophene rings is 1. The number of carbonyl (C=O) groups excluding carboxylic acids is 1. The summed E-state index contributed by atoms with van der Waals surface area (Å²) in [7, 11) is 0. The fourth-order valence-corrected chi connectivity index (χ4v) is 3.96. The number of amides is 1. The van der Waals surface area contributed by atoms with Crippen LogP contribution in [-0.2, 0) is 13.1 Å². The van der Waals surface area contributed by atoms with Gasteiger partial charge in [0.1, 0.15) is 0 Å². The van der Waals surface area contributed by atoms with Crippen molar-refractivity contribution in [3.63, 3.8) is 0 Å². The summed E-state index contributed by atoms with van der Waals surface area (Å²) in [5.41, 5.74) is 4.58. The van der Waals surface area contributed by atoms with Gasteiger partial charge in [0, 0.05) is 19.2 Å². The van der Waals surface area contributed by atoms with Gasteiger partial charge in [-0.25, -0.2) is 4.98 Å². The molecule has 5 aromatic rings. The van der Waals surface area contributed by atoms with E-state index in [1.807, 2.05) is 54.2 Å². The van der Waals surface area contributed by atoms with Gasteiger partial charge in [0.05, 0.1) is 22.2 Å². The van der Waals surface area contributed by atoms with E-state index < -0.39 is 0 Å². The maximum Gasteiger partial charge on any atom is 0.273 e. The molecular weight excluding hydrogens is 396 g/mol. The van der Waals surface area contributed by atoms with Crippen molar-refractivity contribution >= 4 is 28.3 Å². The molecular formula is C23H18N4O2S. The van der Waals surface area contributed by atoms with E-state index in [2.05, 4.69) is 38.2 Å². The van der Waals surface area contributed by atoms with Gasteiger partial charge in [0.15, 0.2) is 11.5 Å². The molecule has 148 valence electrons. The lowest BCUT2D eigenvalue weighted by molar-refractivity contribution is 0.0942. The van der Waals surface area contributed by atoms with Crippen LogP contribution in [0.3, 0.4) is 0 Å². The molecule has 7 heteroatoms. The van der Waals surface area contributed by atoms with Crippen molar-refractivity contribution in [2.75, 3.05) is 0 Å². The number of hydrogen-bond donors (Lipinski definition) is 1. The number of carbonyl (C=O) groups is 1. The largest absolute Gasteiger partial charge is 0.355 e. The van der Waals surface area contributed by atoms with Crippen LogP contribution >= 0.6 is 11.3 Å². The van der Waals surface area contributed by atoms with Crippen LogP contribution in [0.4, 0.5) is 0 Å². The molecule has 0 bridgehead atoms. The lowest BCUT2D eigenvalue weighted by Gasteiger charge is -2.07. The van der Waals surface area contributed by atoms with Crippen LogP contribution in [0.1, 0.15) is 21.6 Å². The molecule has 1 amide bonds. The molecule has 0 radical (unpaired) electrons. The van der Waals surface area contributed by atoms with Crippen molar-refractivity contribution in [2.45, 2.75) is 13.1 Å². The van der Waals surface area contributed by atoms with Crippen LogP contribution in [0.5, 0.6) is 0 Å². The van der Waals surface area contributed by atoms with E-state index in [0.29, 0.717) is 12.3 Å². The van der Waals surface area contributed by atoms with E-state index in [-0.39, 0.29) is 11.6 Å². The predicted octanol–water partition coefficient (Wildman–Crippen LogP) is 4.73. The standard InChI is InChI=1S/C23H18N4O2S/c28-23(19-12-21(29-26-19)22-6-3-11-30-22)24-13-16-7-9-17(10-8-16)14-27-15-25-18-4-1-2-5-20(18)27/h1-12,15H,13-14H2,(H,24,28). The van der Waals surface area contributed by atoms with Crippen LogP contribution in [0.15, 0.2) is 83.0 Å². The molecule has 0 fully saturated rings. The minimum Gasteiger partial charge on any atom is -0.355 e. The summed E-state index contributed by atoms with van der Waals surface area (Å²) >= 11 is 1.54. The maximum absolute atomic E-state index is 12.4. The monoisotopic (exact) mass is 414 g/mol. The smallest absolute Gasteiger partial charge is 0.273 e. The first-order valence-corrected chi connectivity index (χ1v) is 10.4. The molecule has 0 aliphatic rings. The quantitative estimate of drug-likeness (QED) is 0.436. The van der Waals surface area contributed by atoms with Gasteiger partial charge in [0.2, 0.25) is 0 Å². The van der Waals surface area contributed by atoms with Crippen LogP contribution < -0.4 is 5.32 Å². The van der Waals surface area contributed by atoms with Crippen molar-refractivity contribution in [3.05, 3.63) is 95.3 Å². The molecule has 0 aliphatic carbocycles. The van der Waals surface area contributed by atoms with Crippen LogP contribution in [0.25, 0.3) is 21.7 Å². The molecule has 0 saturated carbocycles. The second-order valence-electron chi connectivity index (χ2n) is 6.91. The Balaban J connectivity index is 1.20. The number of para-hydroxylation sites is 2. The molecule has 30 heavy (non-hydrogen) atoms. The van der Waals surface area contributed by atoms with Crippen molar-refractivity contribution in [2.24, 2.45) is 0 Å². The number of aromatic nitrogens is 3.